The predicted molar refractivity (Wildman–Crippen MR) is 203 cm³/mol. The molecule has 2 saturated carbocycles. The highest BCUT2D eigenvalue weighted by atomic mass is 32.2. The average Bonchev–Trinajstić information content (AvgIpc) is 3.68. The van der Waals surface area contributed by atoms with E-state index in [1.165, 1.54) is 47.8 Å². The molecule has 14 heteroatoms. The number of sulfonamides is 1. The number of hydrogen-bond acceptors (Lipinski definition) is 7. The molecule has 2 unspecified atom stereocenters. The molecule has 0 spiro atoms. The number of amides is 2. The number of ether oxygens (including phenoxy) is 2. The van der Waals surface area contributed by atoms with Gasteiger partial charge in [-0.2, -0.15) is 17.5 Å². The summed E-state index contributed by atoms with van der Waals surface area (Å²) in [5.41, 5.74) is -0.637. The monoisotopic (exact) mass is 790 g/mol. The molecule has 2 aliphatic heterocycles. The van der Waals surface area contributed by atoms with Gasteiger partial charge in [0.1, 0.15) is 17.4 Å². The van der Waals surface area contributed by atoms with Crippen LogP contribution in [0.3, 0.4) is 0 Å². The Bertz CT molecular complexity index is 1700. The topological polar surface area (TPSA) is 108 Å². The van der Waals surface area contributed by atoms with Crippen LogP contribution in [0.4, 0.5) is 18.0 Å². The minimum atomic E-state index is -4.46. The van der Waals surface area contributed by atoms with Gasteiger partial charge in [-0.25, -0.2) is 13.2 Å². The van der Waals surface area contributed by atoms with Gasteiger partial charge in [0.05, 0.1) is 17.1 Å². The summed E-state index contributed by atoms with van der Waals surface area (Å²) >= 11 is 0. The third-order valence-corrected chi connectivity index (χ3v) is 13.6. The summed E-state index contributed by atoms with van der Waals surface area (Å²) in [5.74, 6) is 0.926. The van der Waals surface area contributed by atoms with Crippen molar-refractivity contribution in [2.75, 3.05) is 39.3 Å². The molecule has 2 aromatic rings. The van der Waals surface area contributed by atoms with Crippen molar-refractivity contribution in [3.8, 4) is 5.75 Å². The zero-order valence-corrected chi connectivity index (χ0v) is 33.2. The Labute approximate surface area is 324 Å². The molecule has 4 aliphatic rings. The normalized spacial score (nSPS) is 22.4. The van der Waals surface area contributed by atoms with Crippen molar-refractivity contribution >= 4 is 22.0 Å². The van der Waals surface area contributed by atoms with E-state index in [-0.39, 0.29) is 41.9 Å². The first kappa shape index (κ1) is 41.3. The molecule has 0 bridgehead atoms. The highest BCUT2D eigenvalue weighted by Gasteiger charge is 2.45. The van der Waals surface area contributed by atoms with Gasteiger partial charge in [-0.3, -0.25) is 9.69 Å². The molecule has 4 fully saturated rings. The van der Waals surface area contributed by atoms with Gasteiger partial charge in [0.2, 0.25) is 15.9 Å². The van der Waals surface area contributed by atoms with Crippen LogP contribution in [0.15, 0.2) is 53.4 Å². The summed E-state index contributed by atoms with van der Waals surface area (Å²) < 4.78 is 82.3. The second kappa shape index (κ2) is 17.4. The maximum Gasteiger partial charge on any atom is 0.416 e. The highest BCUT2D eigenvalue weighted by molar-refractivity contribution is 7.89. The van der Waals surface area contributed by atoms with E-state index in [4.69, 9.17) is 9.47 Å². The fourth-order valence-corrected chi connectivity index (χ4v) is 10.4. The number of carbonyl (C=O) groups is 2. The Morgan fingerprint density at radius 1 is 0.818 bits per heavy atom. The fourth-order valence-electron chi connectivity index (χ4n) is 8.79. The number of alkyl carbamates (subject to hydrolysis) is 1. The number of halogens is 3. The Hall–Kier alpha value is -3.36. The predicted octanol–water partition coefficient (Wildman–Crippen LogP) is 7.79. The first-order valence-electron chi connectivity index (χ1n) is 20.0. The summed E-state index contributed by atoms with van der Waals surface area (Å²) in [4.78, 5) is 30.9. The van der Waals surface area contributed by atoms with Gasteiger partial charge in [0, 0.05) is 44.8 Å². The summed E-state index contributed by atoms with van der Waals surface area (Å²) in [6.07, 6.45) is 5.69. The quantitative estimate of drug-likeness (QED) is 0.262. The van der Waals surface area contributed by atoms with E-state index in [9.17, 15) is 31.2 Å². The molecule has 10 nitrogen and oxygen atoms in total. The van der Waals surface area contributed by atoms with E-state index in [2.05, 4.69) is 10.2 Å². The van der Waals surface area contributed by atoms with Gasteiger partial charge >= 0.3 is 12.3 Å². The van der Waals surface area contributed by atoms with Crippen LogP contribution in [0.2, 0.25) is 0 Å². The van der Waals surface area contributed by atoms with Gasteiger partial charge in [0.25, 0.3) is 0 Å². The summed E-state index contributed by atoms with van der Waals surface area (Å²) in [5, 5.41) is 2.89. The lowest BCUT2D eigenvalue weighted by molar-refractivity contribution is -0.139. The van der Waals surface area contributed by atoms with Crippen LogP contribution < -0.4 is 10.1 Å². The minimum Gasteiger partial charge on any atom is -0.493 e. The van der Waals surface area contributed by atoms with Crippen molar-refractivity contribution in [2.24, 2.45) is 11.8 Å². The molecular formula is C41H57F3N4O6S. The third-order valence-electron chi connectivity index (χ3n) is 11.6. The largest absolute Gasteiger partial charge is 0.493 e. The Balaban J connectivity index is 1.23. The van der Waals surface area contributed by atoms with Gasteiger partial charge in [0.15, 0.2) is 0 Å². The Morgan fingerprint density at radius 3 is 2.04 bits per heavy atom. The summed E-state index contributed by atoms with van der Waals surface area (Å²) in [6, 6.07) is 10.2. The molecule has 2 atom stereocenters. The SMILES string of the molecule is CC(C)(C)OC(=O)NC1CCN(C(=O)C2CN(C(c3ccc(C(F)(F)F)cc3)C3CCCC3)CCN2S(=O)(=O)c2ccc(OCC3CCCCC3)cc2)CC1. The molecule has 2 aromatic carbocycles. The van der Waals surface area contributed by atoms with Crippen LogP contribution >= 0.6 is 0 Å². The van der Waals surface area contributed by atoms with Gasteiger partial charge < -0.3 is 19.7 Å². The fraction of sp³-hybridized carbons (Fsp3) is 0.659. The lowest BCUT2D eigenvalue weighted by atomic mass is 9.88. The molecule has 1 N–H and O–H groups in total. The number of alkyl halides is 3. The van der Waals surface area contributed by atoms with Crippen LogP contribution in [0.25, 0.3) is 0 Å². The van der Waals surface area contributed by atoms with E-state index in [1.54, 1.807) is 37.8 Å². The lowest BCUT2D eigenvalue weighted by Crippen LogP contribution is -2.62. The summed E-state index contributed by atoms with van der Waals surface area (Å²) in [6.45, 7) is 7.05. The Morgan fingerprint density at radius 2 is 1.44 bits per heavy atom. The first-order chi connectivity index (χ1) is 26.1. The maximum absolute atomic E-state index is 14.6. The average molecular weight is 791 g/mol. The number of piperidine rings is 1. The number of piperazine rings is 1. The second-order valence-electron chi connectivity index (χ2n) is 16.8. The van der Waals surface area contributed by atoms with Crippen molar-refractivity contribution < 1.29 is 40.7 Å². The molecule has 2 heterocycles. The van der Waals surface area contributed by atoms with Crippen LogP contribution in [0.1, 0.15) is 109 Å². The van der Waals surface area contributed by atoms with E-state index in [0.717, 1.165) is 56.2 Å². The molecule has 0 radical (unpaired) electrons. The first-order valence-corrected chi connectivity index (χ1v) is 21.5. The van der Waals surface area contributed by atoms with Crippen molar-refractivity contribution in [1.82, 2.24) is 19.4 Å². The smallest absolute Gasteiger partial charge is 0.416 e. The number of nitrogens with one attached hydrogen (secondary N) is 1. The van der Waals surface area contributed by atoms with Crippen LogP contribution in [-0.2, 0) is 25.7 Å². The maximum atomic E-state index is 14.6. The second-order valence-corrected chi connectivity index (χ2v) is 18.7. The molecular weight excluding hydrogens is 734 g/mol. The summed E-state index contributed by atoms with van der Waals surface area (Å²) in [7, 11) is -4.14. The number of nitrogens with zero attached hydrogens (tertiary/aromatic N) is 3. The number of benzene rings is 2. The molecule has 55 heavy (non-hydrogen) atoms. The van der Waals surface area contributed by atoms with E-state index in [1.807, 2.05) is 0 Å². The molecule has 2 amide bonds. The minimum absolute atomic E-state index is 0.0409. The van der Waals surface area contributed by atoms with E-state index in [0.29, 0.717) is 50.8 Å². The molecule has 2 aliphatic carbocycles. The van der Waals surface area contributed by atoms with Crippen molar-refractivity contribution in [3.63, 3.8) is 0 Å². The third kappa shape index (κ3) is 10.5. The number of rotatable bonds is 10. The lowest BCUT2D eigenvalue weighted by Gasteiger charge is -2.46. The number of hydrogen-bond donors (Lipinski definition) is 1. The van der Waals surface area contributed by atoms with E-state index >= 15 is 0 Å². The molecule has 2 saturated heterocycles. The standard InChI is InChI=1S/C41H57F3N4O6S/c1-40(2,3)54-39(50)45-33-21-23-46(24-22-33)38(49)36-27-47(37(30-11-7-8-12-30)31-13-15-32(16-14-31)41(42,43)44)25-26-48(36)55(51,52)35-19-17-34(18-20-35)53-28-29-9-5-4-6-10-29/h13-20,29-30,33,36-37H,4-12,21-28H2,1-3H3,(H,45,50). The molecule has 304 valence electrons. The molecule has 6 rings (SSSR count). The van der Waals surface area contributed by atoms with Crippen molar-refractivity contribution in [2.45, 2.75) is 126 Å². The van der Waals surface area contributed by atoms with Crippen LogP contribution in [-0.4, -0.2) is 91.5 Å². The van der Waals surface area contributed by atoms with E-state index < -0.39 is 39.5 Å². The van der Waals surface area contributed by atoms with Gasteiger partial charge in [-0.1, -0.05) is 44.2 Å². The van der Waals surface area contributed by atoms with Gasteiger partial charge in [-0.05, 0) is 113 Å². The van der Waals surface area contributed by atoms with Gasteiger partial charge in [-0.15, -0.1) is 0 Å². The molecule has 0 aromatic heterocycles. The van der Waals surface area contributed by atoms with Crippen molar-refractivity contribution in [1.29, 1.82) is 0 Å². The van der Waals surface area contributed by atoms with Crippen LogP contribution in [0.5, 0.6) is 5.75 Å². The Kier molecular flexibility index (Phi) is 13.1. The highest BCUT2D eigenvalue weighted by Crippen LogP contribution is 2.42. The van der Waals surface area contributed by atoms with Crippen molar-refractivity contribution in [3.05, 3.63) is 59.7 Å². The zero-order valence-electron chi connectivity index (χ0n) is 32.4. The zero-order chi connectivity index (χ0) is 39.4. The number of carbonyl (C=O) groups excluding carboxylic acids is 2. The number of likely N-dealkylation sites (tertiary alicyclic amines) is 1. The van der Waals surface area contributed by atoms with Crippen LogP contribution in [0, 0.1) is 11.8 Å².